The van der Waals surface area contributed by atoms with Crippen molar-refractivity contribution in [1.82, 2.24) is 0 Å². The molecule has 2 nitrogen and oxygen atoms in total. The monoisotopic (exact) mass is 173 g/mol. The Morgan fingerprint density at radius 2 is 1.75 bits per heavy atom. The average Bonchev–Trinajstić information content (AvgIpc) is 1.83. The smallest absolute Gasteiger partial charge is 0.0676 e. The summed E-state index contributed by atoms with van der Waals surface area (Å²) in [7, 11) is 0. The van der Waals surface area contributed by atoms with Crippen molar-refractivity contribution in [1.29, 1.82) is 0 Å². The molecule has 0 amide bonds. The minimum atomic E-state index is -0.0348. The van der Waals surface area contributed by atoms with Crippen LogP contribution >= 0.6 is 0 Å². The van der Waals surface area contributed by atoms with Gasteiger partial charge in [-0.1, -0.05) is 13.8 Å². The van der Waals surface area contributed by atoms with Crippen LogP contribution in [0.5, 0.6) is 0 Å². The maximum Gasteiger partial charge on any atom is 0.0676 e. The summed E-state index contributed by atoms with van der Waals surface area (Å²) in [4.78, 5) is 0. The minimum absolute atomic E-state index is 0.0348. The predicted octanol–water partition coefficient (Wildman–Crippen LogP) is 2.17. The van der Waals surface area contributed by atoms with E-state index in [9.17, 15) is 0 Å². The molecule has 12 heavy (non-hydrogen) atoms. The Morgan fingerprint density at radius 1 is 1.25 bits per heavy atom. The molecule has 1 unspecified atom stereocenters. The zero-order chi connectivity index (χ0) is 9.78. The average molecular weight is 173 g/mol. The van der Waals surface area contributed by atoms with Crippen LogP contribution in [0.25, 0.3) is 0 Å². The van der Waals surface area contributed by atoms with Crippen molar-refractivity contribution in [2.24, 2.45) is 11.7 Å². The van der Waals surface area contributed by atoms with Crippen LogP contribution in [0, 0.1) is 5.92 Å². The number of hydrogen-bond acceptors (Lipinski definition) is 2. The molecule has 0 radical (unpaired) electrons. The van der Waals surface area contributed by atoms with Gasteiger partial charge >= 0.3 is 0 Å². The van der Waals surface area contributed by atoms with Crippen LogP contribution in [0.4, 0.5) is 0 Å². The molecule has 0 bridgehead atoms. The second-order valence-corrected chi connectivity index (χ2v) is 4.52. The lowest BCUT2D eigenvalue weighted by Gasteiger charge is -2.30. The van der Waals surface area contributed by atoms with Gasteiger partial charge in [-0.3, -0.25) is 0 Å². The first-order valence-corrected chi connectivity index (χ1v) is 4.75. The summed E-state index contributed by atoms with van der Waals surface area (Å²) >= 11 is 0. The van der Waals surface area contributed by atoms with Crippen LogP contribution in [0.2, 0.25) is 0 Å². The van der Waals surface area contributed by atoms with Gasteiger partial charge in [0.05, 0.1) is 11.7 Å². The molecule has 0 fully saturated rings. The van der Waals surface area contributed by atoms with Crippen molar-refractivity contribution >= 4 is 0 Å². The van der Waals surface area contributed by atoms with E-state index < -0.39 is 0 Å². The number of ether oxygens (including phenoxy) is 1. The molecule has 0 aliphatic heterocycles. The van der Waals surface area contributed by atoms with Crippen molar-refractivity contribution in [3.05, 3.63) is 0 Å². The van der Waals surface area contributed by atoms with Gasteiger partial charge in [-0.05, 0) is 33.1 Å². The first-order chi connectivity index (χ1) is 5.37. The molecule has 0 spiro atoms. The molecule has 2 heteroatoms. The normalized spacial score (nSPS) is 15.2. The summed E-state index contributed by atoms with van der Waals surface area (Å²) in [6.45, 7) is 11.3. The van der Waals surface area contributed by atoms with Crippen molar-refractivity contribution in [3.8, 4) is 0 Å². The largest absolute Gasteiger partial charge is 0.371 e. The fraction of sp³-hybridized carbons (Fsp3) is 1.00. The number of rotatable bonds is 5. The predicted molar refractivity (Wildman–Crippen MR) is 53.1 cm³/mol. The standard InChI is InChI=1S/C10H23NO/c1-8(2)6-10(4,5)12-9(3)7-11/h8-9H,6-7,11H2,1-5H3. The first kappa shape index (κ1) is 11.9. The minimum Gasteiger partial charge on any atom is -0.371 e. The van der Waals surface area contributed by atoms with E-state index in [4.69, 9.17) is 10.5 Å². The van der Waals surface area contributed by atoms with E-state index in [1.165, 1.54) is 0 Å². The molecule has 0 aliphatic carbocycles. The molecule has 2 N–H and O–H groups in total. The molecule has 0 aromatic heterocycles. The maximum atomic E-state index is 5.77. The van der Waals surface area contributed by atoms with Crippen LogP contribution in [0.15, 0.2) is 0 Å². The third-order valence-electron chi connectivity index (χ3n) is 1.75. The molecule has 0 heterocycles. The number of nitrogens with two attached hydrogens (primary N) is 1. The van der Waals surface area contributed by atoms with Gasteiger partial charge in [0.1, 0.15) is 0 Å². The Balaban J connectivity index is 3.85. The lowest BCUT2D eigenvalue weighted by atomic mass is 9.96. The fourth-order valence-corrected chi connectivity index (χ4v) is 1.62. The fourth-order valence-electron chi connectivity index (χ4n) is 1.62. The molecular weight excluding hydrogens is 150 g/mol. The van der Waals surface area contributed by atoms with Crippen molar-refractivity contribution in [2.75, 3.05) is 6.54 Å². The summed E-state index contributed by atoms with van der Waals surface area (Å²) < 4.78 is 5.77. The molecular formula is C10H23NO. The quantitative estimate of drug-likeness (QED) is 0.691. The van der Waals surface area contributed by atoms with Crippen LogP contribution < -0.4 is 5.73 Å². The third-order valence-corrected chi connectivity index (χ3v) is 1.75. The Bertz CT molecular complexity index is 121. The molecule has 0 aliphatic rings. The lowest BCUT2D eigenvalue weighted by Crippen LogP contribution is -2.34. The highest BCUT2D eigenvalue weighted by molar-refractivity contribution is 4.72. The highest BCUT2D eigenvalue weighted by Gasteiger charge is 2.21. The summed E-state index contributed by atoms with van der Waals surface area (Å²) in [5.74, 6) is 0.671. The topological polar surface area (TPSA) is 35.2 Å². The molecule has 74 valence electrons. The molecule has 0 rings (SSSR count). The Kier molecular flexibility index (Phi) is 4.80. The highest BCUT2D eigenvalue weighted by Crippen LogP contribution is 2.21. The van der Waals surface area contributed by atoms with E-state index in [0.29, 0.717) is 12.5 Å². The Labute approximate surface area is 76.5 Å². The highest BCUT2D eigenvalue weighted by atomic mass is 16.5. The van der Waals surface area contributed by atoms with E-state index in [1.54, 1.807) is 0 Å². The van der Waals surface area contributed by atoms with Crippen molar-refractivity contribution < 1.29 is 4.74 Å². The van der Waals surface area contributed by atoms with Gasteiger partial charge in [0.2, 0.25) is 0 Å². The number of hydrogen-bond donors (Lipinski definition) is 1. The van der Waals surface area contributed by atoms with Gasteiger partial charge < -0.3 is 10.5 Å². The van der Waals surface area contributed by atoms with Gasteiger partial charge in [0.25, 0.3) is 0 Å². The van der Waals surface area contributed by atoms with Gasteiger partial charge in [-0.15, -0.1) is 0 Å². The van der Waals surface area contributed by atoms with Crippen LogP contribution in [-0.2, 0) is 4.74 Å². The van der Waals surface area contributed by atoms with E-state index >= 15 is 0 Å². The van der Waals surface area contributed by atoms with E-state index in [-0.39, 0.29) is 11.7 Å². The van der Waals surface area contributed by atoms with Crippen LogP contribution in [-0.4, -0.2) is 18.2 Å². The Morgan fingerprint density at radius 3 is 2.08 bits per heavy atom. The zero-order valence-corrected chi connectivity index (χ0v) is 9.05. The summed E-state index contributed by atoms with van der Waals surface area (Å²) in [5.41, 5.74) is 5.45. The second-order valence-electron chi connectivity index (χ2n) is 4.52. The van der Waals surface area contributed by atoms with Gasteiger partial charge in [0.15, 0.2) is 0 Å². The third kappa shape index (κ3) is 5.56. The van der Waals surface area contributed by atoms with Crippen LogP contribution in [0.3, 0.4) is 0 Å². The van der Waals surface area contributed by atoms with Gasteiger partial charge in [-0.25, -0.2) is 0 Å². The first-order valence-electron chi connectivity index (χ1n) is 4.75. The van der Waals surface area contributed by atoms with Gasteiger partial charge in [-0.2, -0.15) is 0 Å². The Hall–Kier alpha value is -0.0800. The maximum absolute atomic E-state index is 5.77. The zero-order valence-electron chi connectivity index (χ0n) is 9.05. The molecule has 1 atom stereocenters. The summed E-state index contributed by atoms with van der Waals surface area (Å²) in [6, 6.07) is 0. The summed E-state index contributed by atoms with van der Waals surface area (Å²) in [5, 5.41) is 0. The van der Waals surface area contributed by atoms with Crippen molar-refractivity contribution in [3.63, 3.8) is 0 Å². The molecule has 0 saturated heterocycles. The second kappa shape index (κ2) is 4.83. The summed E-state index contributed by atoms with van der Waals surface area (Å²) in [6.07, 6.45) is 1.25. The van der Waals surface area contributed by atoms with Crippen molar-refractivity contribution in [2.45, 2.75) is 52.7 Å². The lowest BCUT2D eigenvalue weighted by molar-refractivity contribution is -0.0702. The molecule has 0 aromatic rings. The van der Waals surface area contributed by atoms with Crippen LogP contribution in [0.1, 0.15) is 41.0 Å². The molecule has 0 saturated carbocycles. The SMILES string of the molecule is CC(C)CC(C)(C)OC(C)CN. The molecule has 0 aromatic carbocycles. The van der Waals surface area contributed by atoms with E-state index in [2.05, 4.69) is 27.7 Å². The van der Waals surface area contributed by atoms with E-state index in [1.807, 2.05) is 6.92 Å². The van der Waals surface area contributed by atoms with Gasteiger partial charge in [0, 0.05) is 6.54 Å². The van der Waals surface area contributed by atoms with E-state index in [0.717, 1.165) is 6.42 Å².